The van der Waals surface area contributed by atoms with Crippen molar-refractivity contribution in [3.8, 4) is 5.75 Å². The van der Waals surface area contributed by atoms with E-state index < -0.39 is 18.2 Å². The fourth-order valence-electron chi connectivity index (χ4n) is 6.73. The van der Waals surface area contributed by atoms with E-state index in [0.717, 1.165) is 44.3 Å². The lowest BCUT2D eigenvalue weighted by Gasteiger charge is -2.24. The quantitative estimate of drug-likeness (QED) is 0.158. The first-order valence-corrected chi connectivity index (χ1v) is 17.3. The van der Waals surface area contributed by atoms with Gasteiger partial charge in [-0.15, -0.1) is 0 Å². The van der Waals surface area contributed by atoms with Gasteiger partial charge in [0.05, 0.1) is 6.61 Å². The number of carbonyl (C=O) groups is 2. The van der Waals surface area contributed by atoms with Crippen molar-refractivity contribution in [1.29, 1.82) is 0 Å². The van der Waals surface area contributed by atoms with Crippen LogP contribution >= 0.6 is 0 Å². The summed E-state index contributed by atoms with van der Waals surface area (Å²) in [6.45, 7) is 15.0. The standard InChI is InChI=1S/C40H56O6/c1-27(2)20-31(21-28(3)4)10-14-32-24-40(25-41,46-38(32)43)26-44-37(42)19-17-35-23-33-22-30(13-18-36(33)45-35)9-8-29-11-15-34(16-12-29)39(5,6)7/h11-16,18,22,27-28,31,35,41H,8-10,17,19-21,23-26H2,1-7H3/b32-14+/t35-,40-/m1/s1. The number of esters is 2. The summed E-state index contributed by atoms with van der Waals surface area (Å²) in [6.07, 6.45) is 8.58. The Morgan fingerprint density at radius 3 is 2.30 bits per heavy atom. The van der Waals surface area contributed by atoms with E-state index in [1.165, 1.54) is 22.3 Å². The van der Waals surface area contributed by atoms with Crippen molar-refractivity contribution in [1.82, 2.24) is 0 Å². The highest BCUT2D eigenvalue weighted by molar-refractivity contribution is 5.91. The molecule has 2 aliphatic heterocycles. The predicted octanol–water partition coefficient (Wildman–Crippen LogP) is 8.10. The van der Waals surface area contributed by atoms with Crippen molar-refractivity contribution >= 4 is 11.9 Å². The molecule has 2 aromatic rings. The minimum Gasteiger partial charge on any atom is -0.490 e. The van der Waals surface area contributed by atoms with Crippen LogP contribution in [0.2, 0.25) is 0 Å². The van der Waals surface area contributed by atoms with Crippen molar-refractivity contribution in [2.45, 2.75) is 123 Å². The highest BCUT2D eigenvalue weighted by atomic mass is 16.6. The highest BCUT2D eigenvalue weighted by Crippen LogP contribution is 2.34. The summed E-state index contributed by atoms with van der Waals surface area (Å²) in [5, 5.41) is 10.1. The Balaban J connectivity index is 1.22. The van der Waals surface area contributed by atoms with E-state index >= 15 is 0 Å². The van der Waals surface area contributed by atoms with Gasteiger partial charge in [0.1, 0.15) is 18.5 Å². The summed E-state index contributed by atoms with van der Waals surface area (Å²) < 4.78 is 17.3. The number of allylic oxidation sites excluding steroid dienone is 1. The minimum absolute atomic E-state index is 0.0852. The van der Waals surface area contributed by atoms with Crippen LogP contribution in [0.15, 0.2) is 54.1 Å². The molecule has 0 aliphatic carbocycles. The molecule has 2 atom stereocenters. The normalized spacial score (nSPS) is 20.5. The zero-order valence-corrected chi connectivity index (χ0v) is 29.2. The molecule has 0 amide bonds. The molecule has 2 aliphatic rings. The number of rotatable bonds is 15. The largest absolute Gasteiger partial charge is 0.490 e. The van der Waals surface area contributed by atoms with Crippen LogP contribution in [0.5, 0.6) is 5.75 Å². The van der Waals surface area contributed by atoms with Gasteiger partial charge >= 0.3 is 11.9 Å². The van der Waals surface area contributed by atoms with Crippen molar-refractivity contribution in [2.24, 2.45) is 17.8 Å². The zero-order chi connectivity index (χ0) is 33.5. The number of aliphatic hydroxyl groups excluding tert-OH is 1. The molecular weight excluding hydrogens is 576 g/mol. The third-order valence-electron chi connectivity index (χ3n) is 9.23. The molecule has 4 rings (SSSR count). The van der Waals surface area contributed by atoms with Gasteiger partial charge in [-0.2, -0.15) is 0 Å². The number of fused-ring (bicyclic) bond motifs is 1. The lowest BCUT2D eigenvalue weighted by molar-refractivity contribution is -0.166. The number of aliphatic hydroxyl groups is 1. The SMILES string of the molecule is CC(C)CC(C/C=C1\C[C@@](CO)(COC(=O)CC[C@@H]2Cc3cc(CCc4ccc(C(C)(C)C)cc4)ccc3O2)OC1=O)CC(C)C. The lowest BCUT2D eigenvalue weighted by Crippen LogP contribution is -2.39. The molecule has 1 N–H and O–H groups in total. The van der Waals surface area contributed by atoms with Gasteiger partial charge in [-0.3, -0.25) is 4.79 Å². The van der Waals surface area contributed by atoms with Gasteiger partial charge in [0.2, 0.25) is 0 Å². The fraction of sp³-hybridized carbons (Fsp3) is 0.600. The van der Waals surface area contributed by atoms with Gasteiger partial charge in [-0.25, -0.2) is 4.79 Å². The molecule has 2 heterocycles. The van der Waals surface area contributed by atoms with E-state index in [2.05, 4.69) is 84.9 Å². The molecule has 2 aromatic carbocycles. The van der Waals surface area contributed by atoms with Gasteiger partial charge in [0, 0.05) is 24.8 Å². The molecule has 1 fully saturated rings. The second-order valence-electron chi connectivity index (χ2n) is 15.5. The van der Waals surface area contributed by atoms with Crippen LogP contribution in [-0.2, 0) is 43.7 Å². The maximum atomic E-state index is 12.7. The molecule has 0 spiro atoms. The Hall–Kier alpha value is -3.12. The van der Waals surface area contributed by atoms with E-state index in [-0.39, 0.29) is 36.9 Å². The van der Waals surface area contributed by atoms with Gasteiger partial charge in [-0.05, 0) is 90.0 Å². The van der Waals surface area contributed by atoms with Crippen LogP contribution in [0.25, 0.3) is 0 Å². The second-order valence-corrected chi connectivity index (χ2v) is 15.5. The van der Waals surface area contributed by atoms with E-state index in [1.807, 2.05) is 12.1 Å². The van der Waals surface area contributed by atoms with Crippen LogP contribution in [0.4, 0.5) is 0 Å². The van der Waals surface area contributed by atoms with Crippen molar-refractivity contribution < 1.29 is 28.9 Å². The summed E-state index contributed by atoms with van der Waals surface area (Å²) in [5.74, 6) is 1.75. The van der Waals surface area contributed by atoms with Crippen LogP contribution < -0.4 is 4.74 Å². The number of hydrogen-bond donors (Lipinski definition) is 1. The lowest BCUT2D eigenvalue weighted by atomic mass is 9.86. The number of cyclic esters (lactones) is 1. The van der Waals surface area contributed by atoms with Gasteiger partial charge < -0.3 is 19.3 Å². The molecule has 0 radical (unpaired) electrons. The Labute approximate surface area is 276 Å². The Bertz CT molecular complexity index is 1340. The first kappa shape index (κ1) is 35.7. The number of benzene rings is 2. The van der Waals surface area contributed by atoms with Crippen LogP contribution in [0, 0.1) is 17.8 Å². The van der Waals surface area contributed by atoms with E-state index in [0.29, 0.717) is 29.7 Å². The fourth-order valence-corrected chi connectivity index (χ4v) is 6.73. The molecule has 252 valence electrons. The number of aryl methyl sites for hydroxylation is 2. The van der Waals surface area contributed by atoms with E-state index in [1.54, 1.807) is 0 Å². The molecule has 1 saturated heterocycles. The summed E-state index contributed by atoms with van der Waals surface area (Å²) in [7, 11) is 0. The third-order valence-corrected chi connectivity index (χ3v) is 9.23. The summed E-state index contributed by atoms with van der Waals surface area (Å²) in [5.41, 5.74) is 4.66. The molecule has 0 aromatic heterocycles. The molecule has 46 heavy (non-hydrogen) atoms. The van der Waals surface area contributed by atoms with Crippen LogP contribution in [-0.4, -0.2) is 42.0 Å². The predicted molar refractivity (Wildman–Crippen MR) is 183 cm³/mol. The first-order valence-electron chi connectivity index (χ1n) is 17.3. The average Bonchev–Trinajstić information content (AvgIpc) is 3.55. The van der Waals surface area contributed by atoms with E-state index in [4.69, 9.17) is 14.2 Å². The third kappa shape index (κ3) is 10.2. The van der Waals surface area contributed by atoms with Crippen LogP contribution in [0.3, 0.4) is 0 Å². The summed E-state index contributed by atoms with van der Waals surface area (Å²) in [4.78, 5) is 25.4. The highest BCUT2D eigenvalue weighted by Gasteiger charge is 2.44. The number of hydrogen-bond acceptors (Lipinski definition) is 6. The van der Waals surface area contributed by atoms with E-state index in [9.17, 15) is 14.7 Å². The van der Waals surface area contributed by atoms with Gasteiger partial charge in [0.15, 0.2) is 5.60 Å². The number of ether oxygens (including phenoxy) is 3. The van der Waals surface area contributed by atoms with Crippen LogP contribution in [0.1, 0.15) is 109 Å². The maximum absolute atomic E-state index is 12.7. The zero-order valence-electron chi connectivity index (χ0n) is 29.2. The van der Waals surface area contributed by atoms with Crippen molar-refractivity contribution in [3.05, 3.63) is 76.4 Å². The summed E-state index contributed by atoms with van der Waals surface area (Å²) >= 11 is 0. The minimum atomic E-state index is -1.21. The first-order chi connectivity index (χ1) is 21.7. The van der Waals surface area contributed by atoms with Crippen molar-refractivity contribution in [2.75, 3.05) is 13.2 Å². The second kappa shape index (κ2) is 15.6. The monoisotopic (exact) mass is 632 g/mol. The molecule has 6 nitrogen and oxygen atoms in total. The Morgan fingerprint density at radius 2 is 1.67 bits per heavy atom. The summed E-state index contributed by atoms with van der Waals surface area (Å²) in [6, 6.07) is 15.3. The average molecular weight is 633 g/mol. The maximum Gasteiger partial charge on any atom is 0.334 e. The van der Waals surface area contributed by atoms with Crippen molar-refractivity contribution in [3.63, 3.8) is 0 Å². The topological polar surface area (TPSA) is 82.1 Å². The Morgan fingerprint density at radius 1 is 1.02 bits per heavy atom. The smallest absolute Gasteiger partial charge is 0.334 e. The Kier molecular flexibility index (Phi) is 12.2. The molecule has 6 heteroatoms. The molecular formula is C40H56O6. The van der Waals surface area contributed by atoms with Gasteiger partial charge in [0.25, 0.3) is 0 Å². The molecule has 0 saturated carbocycles. The van der Waals surface area contributed by atoms with Gasteiger partial charge in [-0.1, -0.05) is 90.9 Å². The molecule has 0 bridgehead atoms. The molecule has 0 unspecified atom stereocenters. The number of carbonyl (C=O) groups excluding carboxylic acids is 2.